The number of benzene rings is 1. The van der Waals surface area contributed by atoms with Crippen LogP contribution in [0.2, 0.25) is 0 Å². The molecule has 1 fully saturated rings. The van der Waals surface area contributed by atoms with Gasteiger partial charge in [-0.3, -0.25) is 9.69 Å². The zero-order valence-electron chi connectivity index (χ0n) is 11.3. The molecule has 1 aliphatic rings. The number of phenols is 1. The predicted molar refractivity (Wildman–Crippen MR) is 73.6 cm³/mol. The lowest BCUT2D eigenvalue weighted by Gasteiger charge is -2.31. The lowest BCUT2D eigenvalue weighted by molar-refractivity contribution is -0.119. The lowest BCUT2D eigenvalue weighted by atomic mass is 10.0. The molecule has 1 saturated heterocycles. The molecule has 6 heteroatoms. The van der Waals surface area contributed by atoms with Crippen LogP contribution in [0.3, 0.4) is 0 Å². The normalized spacial score (nSPS) is 17.2. The van der Waals surface area contributed by atoms with Crippen molar-refractivity contribution in [3.63, 3.8) is 0 Å². The zero-order valence-corrected chi connectivity index (χ0v) is 11.3. The molecule has 0 aromatic heterocycles. The van der Waals surface area contributed by atoms with E-state index in [1.165, 1.54) is 12.1 Å². The number of primary amides is 1. The first-order valence-electron chi connectivity index (χ1n) is 6.76. The number of nitrogens with one attached hydrogen (secondary N) is 1. The number of carbonyl (C=O) groups is 1. The summed E-state index contributed by atoms with van der Waals surface area (Å²) < 4.78 is 13.2. The SMILES string of the molecule is NC(=O)CN1CCC(NCc2ccc(O)c(F)c2)CC1. The van der Waals surface area contributed by atoms with Crippen molar-refractivity contribution in [3.8, 4) is 5.75 Å². The molecular weight excluding hydrogens is 261 g/mol. The Morgan fingerprint density at radius 1 is 1.45 bits per heavy atom. The molecule has 0 unspecified atom stereocenters. The smallest absolute Gasteiger partial charge is 0.231 e. The Morgan fingerprint density at radius 2 is 2.15 bits per heavy atom. The van der Waals surface area contributed by atoms with Gasteiger partial charge in [-0.2, -0.15) is 0 Å². The highest BCUT2D eigenvalue weighted by Crippen LogP contribution is 2.17. The summed E-state index contributed by atoms with van der Waals surface area (Å²) in [6.45, 7) is 2.56. The molecule has 1 aliphatic heterocycles. The van der Waals surface area contributed by atoms with E-state index < -0.39 is 5.82 Å². The van der Waals surface area contributed by atoms with Crippen molar-refractivity contribution in [2.75, 3.05) is 19.6 Å². The summed E-state index contributed by atoms with van der Waals surface area (Å²) in [4.78, 5) is 12.9. The van der Waals surface area contributed by atoms with Gasteiger partial charge < -0.3 is 16.2 Å². The van der Waals surface area contributed by atoms with Crippen LogP contribution in [0.25, 0.3) is 0 Å². The van der Waals surface area contributed by atoms with Crippen LogP contribution in [0, 0.1) is 5.82 Å². The minimum Gasteiger partial charge on any atom is -0.505 e. The van der Waals surface area contributed by atoms with Crippen molar-refractivity contribution in [1.82, 2.24) is 10.2 Å². The number of nitrogens with two attached hydrogens (primary N) is 1. The van der Waals surface area contributed by atoms with Gasteiger partial charge in [0.15, 0.2) is 11.6 Å². The summed E-state index contributed by atoms with van der Waals surface area (Å²) in [5.41, 5.74) is 5.97. The number of piperidine rings is 1. The summed E-state index contributed by atoms with van der Waals surface area (Å²) in [5, 5.41) is 12.5. The highest BCUT2D eigenvalue weighted by molar-refractivity contribution is 5.75. The maximum absolute atomic E-state index is 13.2. The van der Waals surface area contributed by atoms with Gasteiger partial charge in [0.2, 0.25) is 5.91 Å². The van der Waals surface area contributed by atoms with Gasteiger partial charge in [0.05, 0.1) is 6.54 Å². The van der Waals surface area contributed by atoms with E-state index in [1.54, 1.807) is 6.07 Å². The average Bonchev–Trinajstić information content (AvgIpc) is 2.41. The van der Waals surface area contributed by atoms with Crippen LogP contribution in [-0.2, 0) is 11.3 Å². The Kier molecular flexibility index (Phi) is 4.92. The van der Waals surface area contributed by atoms with E-state index in [1.807, 2.05) is 4.90 Å². The molecule has 0 atom stereocenters. The fourth-order valence-corrected chi connectivity index (χ4v) is 2.44. The third-order valence-electron chi connectivity index (χ3n) is 3.57. The monoisotopic (exact) mass is 281 g/mol. The highest BCUT2D eigenvalue weighted by Gasteiger charge is 2.19. The van der Waals surface area contributed by atoms with E-state index in [4.69, 9.17) is 10.8 Å². The van der Waals surface area contributed by atoms with Gasteiger partial charge in [-0.25, -0.2) is 4.39 Å². The highest BCUT2D eigenvalue weighted by atomic mass is 19.1. The standard InChI is InChI=1S/C14H20FN3O2/c15-12-7-10(1-2-13(12)19)8-17-11-3-5-18(6-4-11)9-14(16)20/h1-2,7,11,17,19H,3-6,8-9H2,(H2,16,20). The molecule has 0 saturated carbocycles. The summed E-state index contributed by atoms with van der Waals surface area (Å²) in [5.74, 6) is -1.22. The van der Waals surface area contributed by atoms with E-state index in [-0.39, 0.29) is 11.7 Å². The summed E-state index contributed by atoms with van der Waals surface area (Å²) in [6.07, 6.45) is 1.88. The molecule has 4 N–H and O–H groups in total. The van der Waals surface area contributed by atoms with E-state index in [2.05, 4.69) is 5.32 Å². The van der Waals surface area contributed by atoms with Crippen molar-refractivity contribution in [3.05, 3.63) is 29.6 Å². The Morgan fingerprint density at radius 3 is 2.75 bits per heavy atom. The van der Waals surface area contributed by atoms with Crippen LogP contribution in [0.4, 0.5) is 4.39 Å². The molecule has 1 heterocycles. The Balaban J connectivity index is 1.75. The van der Waals surface area contributed by atoms with E-state index >= 15 is 0 Å². The van der Waals surface area contributed by atoms with Crippen LogP contribution in [0.5, 0.6) is 5.75 Å². The molecule has 1 aromatic rings. The first kappa shape index (κ1) is 14.7. The van der Waals surface area contributed by atoms with Gasteiger partial charge in [0.1, 0.15) is 0 Å². The van der Waals surface area contributed by atoms with Gasteiger partial charge in [0, 0.05) is 25.7 Å². The minimum absolute atomic E-state index is 0.295. The van der Waals surface area contributed by atoms with Crippen LogP contribution < -0.4 is 11.1 Å². The second-order valence-electron chi connectivity index (χ2n) is 5.18. The lowest BCUT2D eigenvalue weighted by Crippen LogP contribution is -2.45. The second kappa shape index (κ2) is 6.67. The van der Waals surface area contributed by atoms with Gasteiger partial charge in [-0.05, 0) is 30.5 Å². The number of halogens is 1. The largest absolute Gasteiger partial charge is 0.505 e. The van der Waals surface area contributed by atoms with Crippen molar-refractivity contribution < 1.29 is 14.3 Å². The molecular formula is C14H20FN3O2. The number of hydrogen-bond donors (Lipinski definition) is 3. The average molecular weight is 281 g/mol. The number of carbonyl (C=O) groups excluding carboxylic acids is 1. The third-order valence-corrected chi connectivity index (χ3v) is 3.57. The number of aromatic hydroxyl groups is 1. The third kappa shape index (κ3) is 4.18. The first-order chi connectivity index (χ1) is 9.54. The predicted octanol–water partition coefficient (Wildman–Crippen LogP) is 0.571. The molecule has 0 spiro atoms. The molecule has 5 nitrogen and oxygen atoms in total. The fourth-order valence-electron chi connectivity index (χ4n) is 2.44. The number of phenolic OH excluding ortho intramolecular Hbond substituents is 1. The molecule has 20 heavy (non-hydrogen) atoms. The zero-order chi connectivity index (χ0) is 14.5. The van der Waals surface area contributed by atoms with E-state index in [9.17, 15) is 9.18 Å². The minimum atomic E-state index is -0.597. The molecule has 110 valence electrons. The van der Waals surface area contributed by atoms with E-state index in [0.29, 0.717) is 19.1 Å². The fraction of sp³-hybridized carbons (Fsp3) is 0.500. The van der Waals surface area contributed by atoms with Crippen LogP contribution in [-0.4, -0.2) is 41.6 Å². The molecule has 0 bridgehead atoms. The summed E-state index contributed by atoms with van der Waals surface area (Å²) >= 11 is 0. The van der Waals surface area contributed by atoms with Crippen molar-refractivity contribution in [2.45, 2.75) is 25.4 Å². The Bertz CT molecular complexity index is 473. The van der Waals surface area contributed by atoms with E-state index in [0.717, 1.165) is 31.5 Å². The number of likely N-dealkylation sites (tertiary alicyclic amines) is 1. The van der Waals surface area contributed by atoms with Crippen LogP contribution in [0.1, 0.15) is 18.4 Å². The maximum Gasteiger partial charge on any atom is 0.231 e. The van der Waals surface area contributed by atoms with Gasteiger partial charge in [0.25, 0.3) is 0 Å². The molecule has 1 aromatic carbocycles. The van der Waals surface area contributed by atoms with Gasteiger partial charge in [-0.15, -0.1) is 0 Å². The van der Waals surface area contributed by atoms with Crippen molar-refractivity contribution in [2.24, 2.45) is 5.73 Å². The number of hydrogen-bond acceptors (Lipinski definition) is 4. The van der Waals surface area contributed by atoms with Crippen molar-refractivity contribution in [1.29, 1.82) is 0 Å². The topological polar surface area (TPSA) is 78.6 Å². The van der Waals surface area contributed by atoms with Crippen LogP contribution >= 0.6 is 0 Å². The molecule has 1 amide bonds. The maximum atomic E-state index is 13.2. The number of nitrogens with zero attached hydrogens (tertiary/aromatic N) is 1. The van der Waals surface area contributed by atoms with Gasteiger partial charge >= 0.3 is 0 Å². The quantitative estimate of drug-likeness (QED) is 0.737. The Hall–Kier alpha value is -1.66. The van der Waals surface area contributed by atoms with Crippen molar-refractivity contribution >= 4 is 5.91 Å². The summed E-state index contributed by atoms with van der Waals surface area (Å²) in [6, 6.07) is 4.76. The second-order valence-corrected chi connectivity index (χ2v) is 5.18. The molecule has 0 radical (unpaired) electrons. The first-order valence-corrected chi connectivity index (χ1v) is 6.76. The molecule has 2 rings (SSSR count). The Labute approximate surface area is 117 Å². The summed E-state index contributed by atoms with van der Waals surface area (Å²) in [7, 11) is 0. The van der Waals surface area contributed by atoms with Gasteiger partial charge in [-0.1, -0.05) is 6.07 Å². The number of rotatable bonds is 5. The molecule has 0 aliphatic carbocycles. The number of amides is 1. The van der Waals surface area contributed by atoms with Crippen LogP contribution in [0.15, 0.2) is 18.2 Å².